The summed E-state index contributed by atoms with van der Waals surface area (Å²) in [5.74, 6) is -0.291. The second kappa shape index (κ2) is 3.59. The number of hydrogen-bond donors (Lipinski definition) is 1. The van der Waals surface area contributed by atoms with Crippen molar-refractivity contribution in [2.24, 2.45) is 0 Å². The molecule has 0 aliphatic heterocycles. The largest absolute Gasteiger partial charge is 0.508 e. The lowest BCUT2D eigenvalue weighted by Gasteiger charge is -2.08. The van der Waals surface area contributed by atoms with E-state index in [0.29, 0.717) is 10.6 Å². The van der Waals surface area contributed by atoms with Gasteiger partial charge in [0.05, 0.1) is 0 Å². The Morgan fingerprint density at radius 3 is 2.75 bits per heavy atom. The number of benzene rings is 1. The minimum Gasteiger partial charge on any atom is -0.508 e. The first-order chi connectivity index (χ1) is 5.66. The molecule has 0 aromatic heterocycles. The van der Waals surface area contributed by atoms with E-state index >= 15 is 0 Å². The van der Waals surface area contributed by atoms with Crippen molar-refractivity contribution in [3.8, 4) is 5.75 Å². The molecular formula is C9H9ClO2. The van der Waals surface area contributed by atoms with Crippen LogP contribution in [0.3, 0.4) is 0 Å². The van der Waals surface area contributed by atoms with Gasteiger partial charge in [0.15, 0.2) is 0 Å². The van der Waals surface area contributed by atoms with Gasteiger partial charge in [-0.15, -0.1) is 0 Å². The molecule has 0 spiro atoms. The van der Waals surface area contributed by atoms with Gasteiger partial charge in [-0.05, 0) is 12.1 Å². The molecule has 64 valence electrons. The van der Waals surface area contributed by atoms with Crippen LogP contribution in [-0.2, 0) is 4.79 Å². The quantitative estimate of drug-likeness (QED) is 0.717. The first-order valence-electron chi connectivity index (χ1n) is 3.59. The number of phenolic OH excluding ortho intramolecular Hbond substituents is 1. The molecule has 0 bridgehead atoms. The fourth-order valence-electron chi connectivity index (χ4n) is 1.04. The van der Waals surface area contributed by atoms with E-state index in [-0.39, 0.29) is 11.7 Å². The monoisotopic (exact) mass is 184 g/mol. The van der Waals surface area contributed by atoms with Gasteiger partial charge < -0.3 is 9.90 Å². The summed E-state index contributed by atoms with van der Waals surface area (Å²) in [6.45, 7) is 1.69. The van der Waals surface area contributed by atoms with E-state index < -0.39 is 0 Å². The van der Waals surface area contributed by atoms with Crippen molar-refractivity contribution >= 4 is 17.9 Å². The average molecular weight is 185 g/mol. The Morgan fingerprint density at radius 2 is 2.25 bits per heavy atom. The number of aromatic hydroxyl groups is 1. The summed E-state index contributed by atoms with van der Waals surface area (Å²) in [6.07, 6.45) is 0.751. The van der Waals surface area contributed by atoms with E-state index in [9.17, 15) is 9.90 Å². The van der Waals surface area contributed by atoms with Gasteiger partial charge in [-0.3, -0.25) is 0 Å². The smallest absolute Gasteiger partial charge is 0.127 e. The van der Waals surface area contributed by atoms with Crippen molar-refractivity contribution in [1.82, 2.24) is 0 Å². The molecule has 0 heterocycles. The molecule has 1 rings (SSSR count). The molecule has 1 aromatic rings. The first-order valence-corrected chi connectivity index (χ1v) is 3.97. The van der Waals surface area contributed by atoms with E-state index in [2.05, 4.69) is 0 Å². The molecule has 0 amide bonds. The van der Waals surface area contributed by atoms with Crippen LogP contribution in [0.5, 0.6) is 5.75 Å². The van der Waals surface area contributed by atoms with Crippen molar-refractivity contribution in [3.05, 3.63) is 28.8 Å². The van der Waals surface area contributed by atoms with Crippen LogP contribution in [0.15, 0.2) is 18.2 Å². The van der Waals surface area contributed by atoms with Crippen LogP contribution < -0.4 is 0 Å². The molecule has 1 atom stereocenters. The van der Waals surface area contributed by atoms with E-state index in [1.165, 1.54) is 6.07 Å². The summed E-state index contributed by atoms with van der Waals surface area (Å²) in [5, 5.41) is 9.78. The van der Waals surface area contributed by atoms with E-state index in [0.717, 1.165) is 6.29 Å². The van der Waals surface area contributed by atoms with Crippen LogP contribution in [0.4, 0.5) is 0 Å². The fraction of sp³-hybridized carbons (Fsp3) is 0.222. The van der Waals surface area contributed by atoms with Crippen molar-refractivity contribution in [2.45, 2.75) is 12.8 Å². The van der Waals surface area contributed by atoms with Crippen LogP contribution in [0.25, 0.3) is 0 Å². The number of hydrogen-bond acceptors (Lipinski definition) is 2. The van der Waals surface area contributed by atoms with Gasteiger partial charge in [0.25, 0.3) is 0 Å². The highest BCUT2D eigenvalue weighted by molar-refractivity contribution is 6.31. The predicted octanol–water partition coefficient (Wildman–Crippen LogP) is 2.35. The van der Waals surface area contributed by atoms with Gasteiger partial charge in [0.2, 0.25) is 0 Å². The summed E-state index contributed by atoms with van der Waals surface area (Å²) < 4.78 is 0. The summed E-state index contributed by atoms with van der Waals surface area (Å²) in [5.41, 5.74) is 0.495. The average Bonchev–Trinajstić information content (AvgIpc) is 2.03. The molecule has 0 saturated carbocycles. The third-order valence-electron chi connectivity index (χ3n) is 1.69. The number of halogens is 1. The van der Waals surface area contributed by atoms with Crippen LogP contribution in [0.2, 0.25) is 5.02 Å². The highest BCUT2D eigenvalue weighted by atomic mass is 35.5. The Labute approximate surface area is 75.8 Å². The molecule has 12 heavy (non-hydrogen) atoms. The Balaban J connectivity index is 3.20. The number of rotatable bonds is 2. The third-order valence-corrected chi connectivity index (χ3v) is 2.02. The summed E-state index contributed by atoms with van der Waals surface area (Å²) in [7, 11) is 0. The summed E-state index contributed by atoms with van der Waals surface area (Å²) >= 11 is 5.78. The minimum atomic E-state index is -0.362. The molecule has 0 fully saturated rings. The third kappa shape index (κ3) is 1.59. The van der Waals surface area contributed by atoms with Gasteiger partial charge in [-0.1, -0.05) is 24.6 Å². The normalized spacial score (nSPS) is 12.5. The Morgan fingerprint density at radius 1 is 1.58 bits per heavy atom. The van der Waals surface area contributed by atoms with E-state index in [4.69, 9.17) is 11.6 Å². The molecule has 0 aliphatic rings. The number of carbonyl (C=O) groups excluding carboxylic acids is 1. The topological polar surface area (TPSA) is 37.3 Å². The number of aldehydes is 1. The molecule has 0 saturated heterocycles. The maximum absolute atomic E-state index is 10.4. The second-order valence-corrected chi connectivity index (χ2v) is 3.00. The molecule has 3 heteroatoms. The van der Waals surface area contributed by atoms with Gasteiger partial charge in [0.1, 0.15) is 12.0 Å². The number of carbonyl (C=O) groups is 1. The maximum Gasteiger partial charge on any atom is 0.127 e. The summed E-state index contributed by atoms with van der Waals surface area (Å²) in [4.78, 5) is 10.4. The molecule has 0 radical (unpaired) electrons. The maximum atomic E-state index is 10.4. The SMILES string of the molecule is CC(C=O)c1c(O)cccc1Cl. The molecule has 1 aromatic carbocycles. The lowest BCUT2D eigenvalue weighted by molar-refractivity contribution is -0.108. The first kappa shape index (κ1) is 9.07. The van der Waals surface area contributed by atoms with Crippen LogP contribution in [-0.4, -0.2) is 11.4 Å². The van der Waals surface area contributed by atoms with Crippen molar-refractivity contribution in [1.29, 1.82) is 0 Å². The van der Waals surface area contributed by atoms with Crippen LogP contribution >= 0.6 is 11.6 Å². The van der Waals surface area contributed by atoms with Gasteiger partial charge in [-0.25, -0.2) is 0 Å². The number of phenols is 1. The van der Waals surface area contributed by atoms with E-state index in [1.54, 1.807) is 19.1 Å². The molecular weight excluding hydrogens is 176 g/mol. The zero-order chi connectivity index (χ0) is 9.14. The van der Waals surface area contributed by atoms with Gasteiger partial charge >= 0.3 is 0 Å². The summed E-state index contributed by atoms with van der Waals surface area (Å²) in [6, 6.07) is 4.80. The highest BCUT2D eigenvalue weighted by Gasteiger charge is 2.12. The Hall–Kier alpha value is -1.02. The van der Waals surface area contributed by atoms with Crippen molar-refractivity contribution < 1.29 is 9.90 Å². The lowest BCUT2D eigenvalue weighted by atomic mass is 10.0. The predicted molar refractivity (Wildman–Crippen MR) is 47.6 cm³/mol. The zero-order valence-corrected chi connectivity index (χ0v) is 7.38. The molecule has 0 aliphatic carbocycles. The highest BCUT2D eigenvalue weighted by Crippen LogP contribution is 2.30. The van der Waals surface area contributed by atoms with Crippen molar-refractivity contribution in [2.75, 3.05) is 0 Å². The second-order valence-electron chi connectivity index (χ2n) is 2.60. The minimum absolute atomic E-state index is 0.0714. The van der Waals surface area contributed by atoms with E-state index in [1.807, 2.05) is 0 Å². The van der Waals surface area contributed by atoms with Crippen LogP contribution in [0, 0.1) is 0 Å². The molecule has 1 unspecified atom stereocenters. The standard InChI is InChI=1S/C9H9ClO2/c1-6(5-11)9-7(10)3-2-4-8(9)12/h2-6,12H,1H3. The van der Waals surface area contributed by atoms with Gasteiger partial charge in [0, 0.05) is 16.5 Å². The lowest BCUT2D eigenvalue weighted by Crippen LogP contribution is -1.95. The Bertz CT molecular complexity index is 276. The Kier molecular flexibility index (Phi) is 2.71. The van der Waals surface area contributed by atoms with Crippen molar-refractivity contribution in [3.63, 3.8) is 0 Å². The van der Waals surface area contributed by atoms with Gasteiger partial charge in [-0.2, -0.15) is 0 Å². The fourth-order valence-corrected chi connectivity index (χ4v) is 1.39. The van der Waals surface area contributed by atoms with Crippen LogP contribution in [0.1, 0.15) is 18.4 Å². The molecule has 1 N–H and O–H groups in total. The molecule has 2 nitrogen and oxygen atoms in total. The zero-order valence-electron chi connectivity index (χ0n) is 6.62.